The fourth-order valence-electron chi connectivity index (χ4n) is 2.28. The summed E-state index contributed by atoms with van der Waals surface area (Å²) in [5.74, 6) is -0.439. The molecule has 0 atom stereocenters. The van der Waals surface area contributed by atoms with E-state index in [4.69, 9.17) is 10.8 Å². The largest absolute Gasteiger partial charge is 0.477 e. The molecule has 0 saturated carbocycles. The van der Waals surface area contributed by atoms with Gasteiger partial charge in [0.15, 0.2) is 11.5 Å². The van der Waals surface area contributed by atoms with Crippen molar-refractivity contribution in [1.82, 2.24) is 9.88 Å². The number of piperazine rings is 1. The van der Waals surface area contributed by atoms with Crippen LogP contribution in [0.4, 0.5) is 11.5 Å². The Morgan fingerprint density at radius 1 is 1.32 bits per heavy atom. The normalized spacial score (nSPS) is 16.9. The van der Waals surface area contributed by atoms with Crippen LogP contribution in [0.3, 0.4) is 0 Å². The van der Waals surface area contributed by atoms with E-state index in [1.165, 1.54) is 6.07 Å². The van der Waals surface area contributed by atoms with Crippen molar-refractivity contribution < 1.29 is 9.90 Å². The van der Waals surface area contributed by atoms with Crippen LogP contribution >= 0.6 is 0 Å². The minimum atomic E-state index is -1.03. The molecule has 104 valence electrons. The molecule has 1 aromatic rings. The highest BCUT2D eigenvalue weighted by molar-refractivity contribution is 5.87. The number of hydrogen-bond acceptors (Lipinski definition) is 5. The molecular weight excluding hydrogens is 244 g/mol. The molecule has 0 spiro atoms. The predicted molar refractivity (Wildman–Crippen MR) is 74.5 cm³/mol. The number of aromatic nitrogens is 1. The molecule has 2 heterocycles. The van der Waals surface area contributed by atoms with Gasteiger partial charge in [-0.2, -0.15) is 0 Å². The minimum absolute atomic E-state index is 0.0375. The van der Waals surface area contributed by atoms with Gasteiger partial charge in [0, 0.05) is 32.2 Å². The maximum atomic E-state index is 11.0. The maximum Gasteiger partial charge on any atom is 0.354 e. The van der Waals surface area contributed by atoms with Crippen LogP contribution in [0, 0.1) is 0 Å². The molecule has 2 rings (SSSR count). The van der Waals surface area contributed by atoms with Gasteiger partial charge in [-0.05, 0) is 26.0 Å². The van der Waals surface area contributed by atoms with Crippen LogP contribution in [0.1, 0.15) is 24.3 Å². The zero-order valence-corrected chi connectivity index (χ0v) is 11.3. The van der Waals surface area contributed by atoms with Crippen LogP contribution in [-0.4, -0.2) is 53.2 Å². The van der Waals surface area contributed by atoms with E-state index in [9.17, 15) is 4.79 Å². The standard InChI is InChI=1S/C13H20N4O2/c1-9(2)16-5-7-17(8-6-16)12-10(14)3-4-11(15-12)13(18)19/h3-4,9H,5-8,14H2,1-2H3,(H,18,19). The third-order valence-corrected chi connectivity index (χ3v) is 3.47. The lowest BCUT2D eigenvalue weighted by atomic mass is 10.2. The molecule has 0 aromatic carbocycles. The Bertz CT molecular complexity index is 468. The number of nitrogens with two attached hydrogens (primary N) is 1. The third kappa shape index (κ3) is 2.96. The smallest absolute Gasteiger partial charge is 0.354 e. The second-order valence-corrected chi connectivity index (χ2v) is 5.03. The Labute approximate surface area is 112 Å². The monoisotopic (exact) mass is 264 g/mol. The lowest BCUT2D eigenvalue weighted by Crippen LogP contribution is -2.49. The first-order valence-corrected chi connectivity index (χ1v) is 6.48. The number of aromatic carboxylic acids is 1. The molecule has 1 saturated heterocycles. The fraction of sp³-hybridized carbons (Fsp3) is 0.538. The molecule has 0 unspecified atom stereocenters. The molecular formula is C13H20N4O2. The molecule has 19 heavy (non-hydrogen) atoms. The molecule has 1 aliphatic heterocycles. The first kappa shape index (κ1) is 13.6. The summed E-state index contributed by atoms with van der Waals surface area (Å²) in [7, 11) is 0. The van der Waals surface area contributed by atoms with Gasteiger partial charge in [-0.1, -0.05) is 0 Å². The van der Waals surface area contributed by atoms with E-state index >= 15 is 0 Å². The van der Waals surface area contributed by atoms with Gasteiger partial charge in [0.05, 0.1) is 5.69 Å². The predicted octanol–water partition coefficient (Wildman–Crippen LogP) is 0.892. The van der Waals surface area contributed by atoms with Gasteiger partial charge >= 0.3 is 5.97 Å². The van der Waals surface area contributed by atoms with Crippen molar-refractivity contribution in [3.63, 3.8) is 0 Å². The molecule has 6 heteroatoms. The van der Waals surface area contributed by atoms with E-state index in [1.54, 1.807) is 6.07 Å². The van der Waals surface area contributed by atoms with Gasteiger partial charge in [0.25, 0.3) is 0 Å². The van der Waals surface area contributed by atoms with E-state index in [1.807, 2.05) is 0 Å². The van der Waals surface area contributed by atoms with Crippen LogP contribution < -0.4 is 10.6 Å². The Hall–Kier alpha value is -1.82. The molecule has 0 bridgehead atoms. The Balaban J connectivity index is 2.15. The average Bonchev–Trinajstić information content (AvgIpc) is 2.39. The summed E-state index contributed by atoms with van der Waals surface area (Å²) in [6, 6.07) is 3.57. The molecule has 3 N–H and O–H groups in total. The van der Waals surface area contributed by atoms with Crippen molar-refractivity contribution in [2.45, 2.75) is 19.9 Å². The third-order valence-electron chi connectivity index (χ3n) is 3.47. The summed E-state index contributed by atoms with van der Waals surface area (Å²) < 4.78 is 0. The topological polar surface area (TPSA) is 82.7 Å². The summed E-state index contributed by atoms with van der Waals surface area (Å²) in [5, 5.41) is 8.98. The van der Waals surface area contributed by atoms with Gasteiger partial charge in [0.2, 0.25) is 0 Å². The Kier molecular flexibility index (Phi) is 3.90. The zero-order valence-electron chi connectivity index (χ0n) is 11.3. The lowest BCUT2D eigenvalue weighted by Gasteiger charge is -2.37. The summed E-state index contributed by atoms with van der Waals surface area (Å²) in [6.07, 6.45) is 0. The second-order valence-electron chi connectivity index (χ2n) is 5.03. The molecule has 1 aliphatic rings. The van der Waals surface area contributed by atoms with Crippen molar-refractivity contribution in [2.24, 2.45) is 0 Å². The highest BCUT2D eigenvalue weighted by Crippen LogP contribution is 2.22. The van der Waals surface area contributed by atoms with Gasteiger partial charge in [0.1, 0.15) is 0 Å². The number of pyridine rings is 1. The van der Waals surface area contributed by atoms with Gasteiger partial charge in [-0.25, -0.2) is 9.78 Å². The number of rotatable bonds is 3. The van der Waals surface area contributed by atoms with Crippen molar-refractivity contribution in [1.29, 1.82) is 0 Å². The first-order valence-electron chi connectivity index (χ1n) is 6.48. The second kappa shape index (κ2) is 5.44. The molecule has 1 fully saturated rings. The number of nitrogen functional groups attached to an aromatic ring is 1. The van der Waals surface area contributed by atoms with Crippen LogP contribution in [0.5, 0.6) is 0 Å². The van der Waals surface area contributed by atoms with Crippen LogP contribution in [-0.2, 0) is 0 Å². The molecule has 1 aromatic heterocycles. The van der Waals surface area contributed by atoms with Crippen LogP contribution in [0.15, 0.2) is 12.1 Å². The van der Waals surface area contributed by atoms with Gasteiger partial charge < -0.3 is 15.7 Å². The van der Waals surface area contributed by atoms with E-state index in [2.05, 4.69) is 28.6 Å². The quantitative estimate of drug-likeness (QED) is 0.843. The van der Waals surface area contributed by atoms with Crippen molar-refractivity contribution in [3.05, 3.63) is 17.8 Å². The highest BCUT2D eigenvalue weighted by Gasteiger charge is 2.22. The van der Waals surface area contributed by atoms with E-state index in [-0.39, 0.29) is 5.69 Å². The summed E-state index contributed by atoms with van der Waals surface area (Å²) in [6.45, 7) is 7.86. The summed E-state index contributed by atoms with van der Waals surface area (Å²) in [4.78, 5) is 19.5. The molecule has 0 radical (unpaired) electrons. The summed E-state index contributed by atoms with van der Waals surface area (Å²) >= 11 is 0. The number of carbonyl (C=O) groups is 1. The van der Waals surface area contributed by atoms with Crippen LogP contribution in [0.2, 0.25) is 0 Å². The van der Waals surface area contributed by atoms with E-state index in [0.29, 0.717) is 17.5 Å². The van der Waals surface area contributed by atoms with E-state index in [0.717, 1.165) is 26.2 Å². The van der Waals surface area contributed by atoms with E-state index < -0.39 is 5.97 Å². The molecule has 6 nitrogen and oxygen atoms in total. The number of nitrogens with zero attached hydrogens (tertiary/aromatic N) is 3. The van der Waals surface area contributed by atoms with Crippen molar-refractivity contribution >= 4 is 17.5 Å². The molecule has 0 aliphatic carbocycles. The summed E-state index contributed by atoms with van der Waals surface area (Å²) in [5.41, 5.74) is 6.47. The molecule has 0 amide bonds. The number of anilines is 2. The number of hydrogen-bond donors (Lipinski definition) is 2. The number of carboxylic acids is 1. The maximum absolute atomic E-state index is 11.0. The number of carboxylic acid groups (broad SMARTS) is 1. The average molecular weight is 264 g/mol. The zero-order chi connectivity index (χ0) is 14.0. The highest BCUT2D eigenvalue weighted by atomic mass is 16.4. The van der Waals surface area contributed by atoms with Crippen molar-refractivity contribution in [2.75, 3.05) is 36.8 Å². The fourth-order valence-corrected chi connectivity index (χ4v) is 2.28. The lowest BCUT2D eigenvalue weighted by molar-refractivity contribution is 0.0690. The first-order chi connectivity index (χ1) is 8.99. The minimum Gasteiger partial charge on any atom is -0.477 e. The Morgan fingerprint density at radius 3 is 2.47 bits per heavy atom. The van der Waals surface area contributed by atoms with Gasteiger partial charge in [-0.15, -0.1) is 0 Å². The van der Waals surface area contributed by atoms with Crippen LogP contribution in [0.25, 0.3) is 0 Å². The SMILES string of the molecule is CC(C)N1CCN(c2nc(C(=O)O)ccc2N)CC1. The van der Waals surface area contributed by atoms with Gasteiger partial charge in [-0.3, -0.25) is 4.90 Å². The van der Waals surface area contributed by atoms with Crippen molar-refractivity contribution in [3.8, 4) is 0 Å². The Morgan fingerprint density at radius 2 is 1.95 bits per heavy atom.